The molecule has 0 aliphatic heterocycles. The molecule has 0 amide bonds. The summed E-state index contributed by atoms with van der Waals surface area (Å²) < 4.78 is 4.83. The minimum Gasteiger partial charge on any atom is -0.465 e. The van der Waals surface area contributed by atoms with Crippen LogP contribution in [0.1, 0.15) is 21.5 Å². The summed E-state index contributed by atoms with van der Waals surface area (Å²) >= 11 is 0. The SMILES string of the molecule is COC(=O)c1cccc2c(C=NNc3cc(C)c4ccccc4n3)c[nH]c12. The van der Waals surface area contributed by atoms with Crippen molar-refractivity contribution < 1.29 is 9.53 Å². The molecule has 0 spiro atoms. The molecule has 2 aromatic heterocycles. The predicted octanol–water partition coefficient (Wildman–Crippen LogP) is 4.26. The average Bonchev–Trinajstić information content (AvgIpc) is 3.11. The molecule has 4 rings (SSSR count). The van der Waals surface area contributed by atoms with Gasteiger partial charge in [0, 0.05) is 22.5 Å². The monoisotopic (exact) mass is 358 g/mol. The predicted molar refractivity (Wildman–Crippen MR) is 107 cm³/mol. The normalized spacial score (nSPS) is 11.3. The number of aromatic amines is 1. The van der Waals surface area contributed by atoms with E-state index in [0.29, 0.717) is 11.4 Å². The largest absolute Gasteiger partial charge is 0.465 e. The number of ether oxygens (including phenoxy) is 1. The zero-order valence-corrected chi connectivity index (χ0v) is 15.0. The Hall–Kier alpha value is -3.67. The second kappa shape index (κ2) is 6.92. The Morgan fingerprint density at radius 3 is 2.85 bits per heavy atom. The van der Waals surface area contributed by atoms with Gasteiger partial charge in [-0.3, -0.25) is 5.43 Å². The van der Waals surface area contributed by atoms with Crippen LogP contribution in [0.15, 0.2) is 59.8 Å². The van der Waals surface area contributed by atoms with Crippen LogP contribution in [0, 0.1) is 6.92 Å². The van der Waals surface area contributed by atoms with Crippen LogP contribution in [0.4, 0.5) is 5.82 Å². The summed E-state index contributed by atoms with van der Waals surface area (Å²) in [7, 11) is 1.37. The quantitative estimate of drug-likeness (QED) is 0.325. The van der Waals surface area contributed by atoms with Gasteiger partial charge < -0.3 is 9.72 Å². The Morgan fingerprint density at radius 1 is 1.19 bits per heavy atom. The van der Waals surface area contributed by atoms with Gasteiger partial charge in [0.15, 0.2) is 0 Å². The lowest BCUT2D eigenvalue weighted by Gasteiger charge is -2.05. The standard InChI is InChI=1S/C21H18N4O2/c1-13-10-19(24-18-9-4-3-6-15(13)18)25-23-12-14-11-22-20-16(14)7-5-8-17(20)21(26)27-2/h3-12,22H,1-2H3,(H,24,25). The van der Waals surface area contributed by atoms with Crippen LogP contribution in [0.5, 0.6) is 0 Å². The average molecular weight is 358 g/mol. The highest BCUT2D eigenvalue weighted by Crippen LogP contribution is 2.22. The van der Waals surface area contributed by atoms with Gasteiger partial charge in [-0.1, -0.05) is 30.3 Å². The van der Waals surface area contributed by atoms with Crippen LogP contribution in [0.25, 0.3) is 21.8 Å². The van der Waals surface area contributed by atoms with Crippen molar-refractivity contribution in [3.63, 3.8) is 0 Å². The number of aryl methyl sites for hydroxylation is 1. The topological polar surface area (TPSA) is 79.4 Å². The Bertz CT molecular complexity index is 1180. The number of anilines is 1. The van der Waals surface area contributed by atoms with Crippen molar-refractivity contribution >= 4 is 39.8 Å². The first kappa shape index (κ1) is 16.8. The molecule has 6 heteroatoms. The van der Waals surface area contributed by atoms with E-state index in [-0.39, 0.29) is 5.97 Å². The number of hydrazone groups is 1. The van der Waals surface area contributed by atoms with Crippen molar-refractivity contribution in [2.24, 2.45) is 5.10 Å². The number of H-pyrrole nitrogens is 1. The second-order valence-corrected chi connectivity index (χ2v) is 6.18. The number of pyridine rings is 1. The van der Waals surface area contributed by atoms with Gasteiger partial charge in [-0.05, 0) is 30.7 Å². The first-order valence-electron chi connectivity index (χ1n) is 8.51. The fourth-order valence-corrected chi connectivity index (χ4v) is 3.14. The highest BCUT2D eigenvalue weighted by atomic mass is 16.5. The van der Waals surface area contributed by atoms with E-state index in [9.17, 15) is 4.79 Å². The number of methoxy groups -OCH3 is 1. The Kier molecular flexibility index (Phi) is 4.30. The number of hydrogen-bond acceptors (Lipinski definition) is 5. The molecule has 0 bridgehead atoms. The van der Waals surface area contributed by atoms with Gasteiger partial charge >= 0.3 is 5.97 Å². The highest BCUT2D eigenvalue weighted by Gasteiger charge is 2.12. The zero-order chi connectivity index (χ0) is 18.8. The van der Waals surface area contributed by atoms with Gasteiger partial charge in [-0.25, -0.2) is 9.78 Å². The van der Waals surface area contributed by atoms with Crippen LogP contribution in [0.2, 0.25) is 0 Å². The van der Waals surface area contributed by atoms with Crippen molar-refractivity contribution in [1.82, 2.24) is 9.97 Å². The molecule has 2 N–H and O–H groups in total. The second-order valence-electron chi connectivity index (χ2n) is 6.18. The summed E-state index contributed by atoms with van der Waals surface area (Å²) in [6.07, 6.45) is 3.51. The van der Waals surface area contributed by atoms with Crippen molar-refractivity contribution in [2.45, 2.75) is 6.92 Å². The van der Waals surface area contributed by atoms with Gasteiger partial charge in [0.2, 0.25) is 0 Å². The molecular weight excluding hydrogens is 340 g/mol. The minimum atomic E-state index is -0.375. The van der Waals surface area contributed by atoms with E-state index in [4.69, 9.17) is 4.74 Å². The summed E-state index contributed by atoms with van der Waals surface area (Å²) in [5, 5.41) is 6.32. The molecule has 0 fully saturated rings. The summed E-state index contributed by atoms with van der Waals surface area (Å²) in [6.45, 7) is 2.05. The molecule has 2 aromatic carbocycles. The van der Waals surface area contributed by atoms with Crippen molar-refractivity contribution in [3.05, 3.63) is 71.4 Å². The number of rotatable bonds is 4. The summed E-state index contributed by atoms with van der Waals surface area (Å²) in [5.74, 6) is 0.303. The minimum absolute atomic E-state index is 0.375. The number of carbonyl (C=O) groups excluding carboxylic acids is 1. The number of esters is 1. The smallest absolute Gasteiger partial charge is 0.339 e. The molecular formula is C21H18N4O2. The molecule has 0 aliphatic carbocycles. The van der Waals surface area contributed by atoms with Crippen LogP contribution >= 0.6 is 0 Å². The van der Waals surface area contributed by atoms with E-state index in [2.05, 4.69) is 26.6 Å². The van der Waals surface area contributed by atoms with E-state index >= 15 is 0 Å². The third-order valence-electron chi connectivity index (χ3n) is 4.46. The lowest BCUT2D eigenvalue weighted by Crippen LogP contribution is -2.01. The Morgan fingerprint density at radius 2 is 2.00 bits per heavy atom. The maximum Gasteiger partial charge on any atom is 0.339 e. The highest BCUT2D eigenvalue weighted by molar-refractivity contribution is 6.08. The lowest BCUT2D eigenvalue weighted by atomic mass is 10.1. The van der Waals surface area contributed by atoms with Gasteiger partial charge in [0.1, 0.15) is 5.82 Å². The van der Waals surface area contributed by atoms with Crippen molar-refractivity contribution in [3.8, 4) is 0 Å². The molecule has 0 aliphatic rings. The Balaban J connectivity index is 1.61. The van der Waals surface area contributed by atoms with Crippen LogP contribution in [-0.2, 0) is 4.74 Å². The number of hydrogen-bond donors (Lipinski definition) is 2. The van der Waals surface area contributed by atoms with E-state index in [1.54, 1.807) is 18.5 Å². The van der Waals surface area contributed by atoms with E-state index in [1.165, 1.54) is 7.11 Å². The number of fused-ring (bicyclic) bond motifs is 2. The fraction of sp³-hybridized carbons (Fsp3) is 0.0952. The molecule has 134 valence electrons. The fourth-order valence-electron chi connectivity index (χ4n) is 3.14. The van der Waals surface area contributed by atoms with Gasteiger partial charge in [-0.15, -0.1) is 0 Å². The van der Waals surface area contributed by atoms with Crippen molar-refractivity contribution in [2.75, 3.05) is 12.5 Å². The Labute approximate surface area is 155 Å². The molecule has 0 saturated heterocycles. The molecule has 0 saturated carbocycles. The first-order valence-corrected chi connectivity index (χ1v) is 8.51. The third-order valence-corrected chi connectivity index (χ3v) is 4.46. The van der Waals surface area contributed by atoms with Crippen molar-refractivity contribution in [1.29, 1.82) is 0 Å². The molecule has 2 heterocycles. The van der Waals surface area contributed by atoms with E-state index in [1.807, 2.05) is 43.3 Å². The van der Waals surface area contributed by atoms with Crippen LogP contribution < -0.4 is 5.43 Å². The lowest BCUT2D eigenvalue weighted by molar-refractivity contribution is 0.0603. The molecule has 4 aromatic rings. The van der Waals surface area contributed by atoms with Gasteiger partial charge in [-0.2, -0.15) is 5.10 Å². The van der Waals surface area contributed by atoms with E-state index < -0.39 is 0 Å². The zero-order valence-electron chi connectivity index (χ0n) is 15.0. The maximum atomic E-state index is 11.9. The molecule has 6 nitrogen and oxygen atoms in total. The van der Waals surface area contributed by atoms with Crippen LogP contribution in [0.3, 0.4) is 0 Å². The first-order chi connectivity index (χ1) is 13.2. The van der Waals surface area contributed by atoms with Gasteiger partial charge in [0.25, 0.3) is 0 Å². The van der Waals surface area contributed by atoms with E-state index in [0.717, 1.165) is 32.9 Å². The maximum absolute atomic E-state index is 11.9. The number of nitrogens with zero attached hydrogens (tertiary/aromatic N) is 2. The molecule has 0 atom stereocenters. The summed E-state index contributed by atoms with van der Waals surface area (Å²) in [4.78, 5) is 19.6. The number of carbonyl (C=O) groups is 1. The number of nitrogens with one attached hydrogen (secondary N) is 2. The number of para-hydroxylation sites is 2. The molecule has 0 radical (unpaired) electrons. The molecule has 27 heavy (non-hydrogen) atoms. The summed E-state index contributed by atoms with van der Waals surface area (Å²) in [6, 6.07) is 15.4. The molecule has 0 unspecified atom stereocenters. The number of benzene rings is 2. The van der Waals surface area contributed by atoms with Crippen LogP contribution in [-0.4, -0.2) is 29.3 Å². The summed E-state index contributed by atoms with van der Waals surface area (Å²) in [5.41, 5.74) is 7.12. The van der Waals surface area contributed by atoms with Gasteiger partial charge in [0.05, 0.1) is 29.9 Å². The number of aromatic nitrogens is 2. The third kappa shape index (κ3) is 3.13.